The molecule has 2 aromatic rings. The minimum absolute atomic E-state index is 0.0233. The molecule has 3 atom stereocenters. The number of carbonyl (C=O) groups is 4. The van der Waals surface area contributed by atoms with Gasteiger partial charge in [0.05, 0.1) is 6.04 Å². The van der Waals surface area contributed by atoms with Gasteiger partial charge in [-0.15, -0.1) is 0 Å². The highest BCUT2D eigenvalue weighted by atomic mass is 16.3. The number of aromatic hydroxyl groups is 1. The van der Waals surface area contributed by atoms with Gasteiger partial charge in [-0.3, -0.25) is 24.2 Å². The highest BCUT2D eigenvalue weighted by Gasteiger charge is 2.30. The molecule has 0 spiro atoms. The summed E-state index contributed by atoms with van der Waals surface area (Å²) in [6, 6.07) is 4.18. The number of phenolic OH excluding ortho intramolecular Hbond substituents is 1. The molecule has 10 heteroatoms. The molecule has 0 aliphatic carbocycles. The molecule has 0 aliphatic heterocycles. The molecule has 0 fully saturated rings. The molecule has 52 heavy (non-hydrogen) atoms. The highest BCUT2D eigenvalue weighted by molar-refractivity contribution is 5.94. The number of carbonyl (C=O) groups excluding carboxylic acids is 4. The highest BCUT2D eigenvalue weighted by Crippen LogP contribution is 2.27. The van der Waals surface area contributed by atoms with Crippen LogP contribution < -0.4 is 16.8 Å². The van der Waals surface area contributed by atoms with Crippen LogP contribution in [0.3, 0.4) is 0 Å². The van der Waals surface area contributed by atoms with Crippen molar-refractivity contribution in [3.05, 3.63) is 30.0 Å². The van der Waals surface area contributed by atoms with Gasteiger partial charge in [0.15, 0.2) is 11.7 Å². The van der Waals surface area contributed by atoms with Gasteiger partial charge in [0, 0.05) is 54.7 Å². The molecular formula is C42H69N5O5. The average Bonchev–Trinajstić information content (AvgIpc) is 3.48. The number of rotatable bonds is 30. The third kappa shape index (κ3) is 18.2. The number of aromatic nitrogens is 1. The Bertz CT molecular complexity index is 1400. The zero-order chi connectivity index (χ0) is 38.3. The van der Waals surface area contributed by atoms with E-state index in [2.05, 4.69) is 22.2 Å². The van der Waals surface area contributed by atoms with Crippen LogP contribution >= 0.6 is 0 Å². The van der Waals surface area contributed by atoms with E-state index in [-0.39, 0.29) is 60.1 Å². The van der Waals surface area contributed by atoms with Crippen LogP contribution in [-0.2, 0) is 25.6 Å². The van der Waals surface area contributed by atoms with E-state index < -0.39 is 17.9 Å². The van der Waals surface area contributed by atoms with Crippen molar-refractivity contribution in [3.63, 3.8) is 0 Å². The number of H-pyrrole nitrogens is 1. The summed E-state index contributed by atoms with van der Waals surface area (Å²) in [5.74, 6) is -1.47. The van der Waals surface area contributed by atoms with Crippen molar-refractivity contribution in [1.29, 1.82) is 0 Å². The number of Topliss-reactive ketones (excluding diaryl/α,β-unsaturated/α-hetero) is 3. The van der Waals surface area contributed by atoms with Crippen molar-refractivity contribution in [2.24, 2.45) is 34.2 Å². The molecule has 2 rings (SSSR count). The number of ketones is 3. The first kappa shape index (κ1) is 44.5. The Hall–Kier alpha value is -3.69. The third-order valence-corrected chi connectivity index (χ3v) is 10.1. The molecule has 1 aromatic heterocycles. The summed E-state index contributed by atoms with van der Waals surface area (Å²) in [5, 5.41) is 13.9. The largest absolute Gasteiger partial charge is 0.508 e. The first-order chi connectivity index (χ1) is 24.9. The van der Waals surface area contributed by atoms with Gasteiger partial charge in [-0.25, -0.2) is 0 Å². The van der Waals surface area contributed by atoms with Crippen LogP contribution in [0.5, 0.6) is 5.75 Å². The van der Waals surface area contributed by atoms with Gasteiger partial charge in [0.1, 0.15) is 17.3 Å². The van der Waals surface area contributed by atoms with Crippen LogP contribution in [0.25, 0.3) is 10.9 Å². The molecule has 0 unspecified atom stereocenters. The molecular weight excluding hydrogens is 654 g/mol. The molecule has 0 aliphatic rings. The monoisotopic (exact) mass is 724 g/mol. The lowest BCUT2D eigenvalue weighted by Crippen LogP contribution is -2.45. The molecule has 0 saturated heterocycles. The van der Waals surface area contributed by atoms with Gasteiger partial charge in [-0.05, 0) is 68.7 Å². The van der Waals surface area contributed by atoms with Crippen LogP contribution in [0.2, 0.25) is 0 Å². The molecule has 10 nitrogen and oxygen atoms in total. The molecule has 1 aromatic carbocycles. The number of nitrogens with two attached hydrogens (primary N) is 2. The minimum Gasteiger partial charge on any atom is -0.508 e. The quantitative estimate of drug-likeness (QED) is 0.0306. The predicted octanol–water partition coefficient (Wildman–Crippen LogP) is 8.22. The standard InChI is InChI=1S/C42H69N5O5/c1-5-6-7-8-9-10-11-12-13-14-15-16-17-19-35(49)26-33(25-34-29-46-38-22-21-36(50)28-37(34)38)41(52)47-39(20-18-23-45-42(43)44)40(51)27-32(31(4)48)24-30(2)3/h21-22,28-30,32-33,39,46,50H,5-20,23-27H2,1-4H3,(H,47,52)(H4,43,44,45)/t32-,33+,39+/m1/s1. The molecule has 292 valence electrons. The number of nitrogens with one attached hydrogen (secondary N) is 2. The zero-order valence-electron chi connectivity index (χ0n) is 32.7. The van der Waals surface area contributed by atoms with Crippen molar-refractivity contribution in [2.75, 3.05) is 6.54 Å². The van der Waals surface area contributed by atoms with Crippen LogP contribution in [0.1, 0.15) is 155 Å². The Labute approximate surface area is 312 Å². The molecule has 0 saturated carbocycles. The summed E-state index contributed by atoms with van der Waals surface area (Å²) < 4.78 is 0. The van der Waals surface area contributed by atoms with Gasteiger partial charge >= 0.3 is 0 Å². The summed E-state index contributed by atoms with van der Waals surface area (Å²) in [6.07, 6.45) is 19.8. The summed E-state index contributed by atoms with van der Waals surface area (Å²) in [7, 11) is 0. The molecule has 1 heterocycles. The lowest BCUT2D eigenvalue weighted by atomic mass is 9.86. The maximum absolute atomic E-state index is 14.0. The number of hydrogen-bond donors (Lipinski definition) is 5. The third-order valence-electron chi connectivity index (χ3n) is 10.1. The van der Waals surface area contributed by atoms with Crippen molar-refractivity contribution < 1.29 is 24.3 Å². The van der Waals surface area contributed by atoms with Crippen LogP contribution in [-0.4, -0.2) is 51.9 Å². The summed E-state index contributed by atoms with van der Waals surface area (Å²) in [4.78, 5) is 60.7. The van der Waals surface area contributed by atoms with E-state index in [1.54, 1.807) is 18.2 Å². The molecule has 0 bridgehead atoms. The second-order valence-electron chi connectivity index (χ2n) is 15.3. The number of amides is 1. The predicted molar refractivity (Wildman–Crippen MR) is 212 cm³/mol. The second-order valence-corrected chi connectivity index (χ2v) is 15.3. The number of benzene rings is 1. The normalized spacial score (nSPS) is 13.2. The number of fused-ring (bicyclic) bond motifs is 1. The van der Waals surface area contributed by atoms with Gasteiger partial charge in [0.2, 0.25) is 5.91 Å². The van der Waals surface area contributed by atoms with Crippen LogP contribution in [0.4, 0.5) is 0 Å². The zero-order valence-corrected chi connectivity index (χ0v) is 32.7. The number of guanidine groups is 1. The Morgan fingerprint density at radius 1 is 0.846 bits per heavy atom. The van der Waals surface area contributed by atoms with E-state index in [0.717, 1.165) is 35.7 Å². The topological polar surface area (TPSA) is 181 Å². The van der Waals surface area contributed by atoms with Crippen molar-refractivity contribution in [2.45, 2.75) is 162 Å². The molecule has 0 radical (unpaired) electrons. The molecule has 1 amide bonds. The number of hydrogen-bond acceptors (Lipinski definition) is 6. The van der Waals surface area contributed by atoms with Crippen molar-refractivity contribution >= 4 is 40.1 Å². The Balaban J connectivity index is 2.07. The number of phenols is 1. The summed E-state index contributed by atoms with van der Waals surface area (Å²) >= 11 is 0. The maximum Gasteiger partial charge on any atom is 0.224 e. The van der Waals surface area contributed by atoms with Crippen LogP contribution in [0, 0.1) is 17.8 Å². The van der Waals surface area contributed by atoms with E-state index >= 15 is 0 Å². The fourth-order valence-electron chi connectivity index (χ4n) is 7.03. The summed E-state index contributed by atoms with van der Waals surface area (Å²) in [5.41, 5.74) is 12.6. The van der Waals surface area contributed by atoms with E-state index in [4.69, 9.17) is 11.5 Å². The second kappa shape index (κ2) is 25.3. The first-order valence-corrected chi connectivity index (χ1v) is 20.1. The van der Waals surface area contributed by atoms with Crippen LogP contribution in [0.15, 0.2) is 29.4 Å². The number of nitrogens with zero attached hydrogens (tertiary/aromatic N) is 1. The fourth-order valence-corrected chi connectivity index (χ4v) is 7.03. The van der Waals surface area contributed by atoms with E-state index in [1.165, 1.54) is 71.1 Å². The van der Waals surface area contributed by atoms with Crippen molar-refractivity contribution in [3.8, 4) is 5.75 Å². The van der Waals surface area contributed by atoms with Gasteiger partial charge in [0.25, 0.3) is 0 Å². The summed E-state index contributed by atoms with van der Waals surface area (Å²) in [6.45, 7) is 8.07. The van der Waals surface area contributed by atoms with E-state index in [1.807, 2.05) is 20.0 Å². The minimum atomic E-state index is -0.846. The number of aliphatic imine (C=N–C) groups is 1. The lowest BCUT2D eigenvalue weighted by molar-refractivity contribution is -0.133. The Kier molecular flexibility index (Phi) is 21.6. The Morgan fingerprint density at radius 3 is 2.04 bits per heavy atom. The average molecular weight is 724 g/mol. The van der Waals surface area contributed by atoms with Crippen molar-refractivity contribution in [1.82, 2.24) is 10.3 Å². The van der Waals surface area contributed by atoms with E-state index in [9.17, 15) is 24.3 Å². The number of unbranched alkanes of at least 4 members (excludes halogenated alkanes) is 12. The number of aromatic amines is 1. The first-order valence-electron chi connectivity index (χ1n) is 20.1. The fraction of sp³-hybridized carbons (Fsp3) is 0.690. The van der Waals surface area contributed by atoms with E-state index in [0.29, 0.717) is 32.2 Å². The van der Waals surface area contributed by atoms with Gasteiger partial charge < -0.3 is 26.9 Å². The van der Waals surface area contributed by atoms with Gasteiger partial charge in [-0.2, -0.15) is 0 Å². The smallest absolute Gasteiger partial charge is 0.224 e. The SMILES string of the molecule is CCCCCCCCCCCCCCCC(=O)C[C@H](Cc1c[nH]c2ccc(O)cc12)C(=O)N[C@@H](CCCN=C(N)N)C(=O)C[C@@H](CC(C)C)C(C)=O. The maximum atomic E-state index is 14.0. The lowest BCUT2D eigenvalue weighted by Gasteiger charge is -2.24. The molecule has 7 N–H and O–H groups in total. The Morgan fingerprint density at radius 2 is 1.46 bits per heavy atom. The van der Waals surface area contributed by atoms with Gasteiger partial charge in [-0.1, -0.05) is 97.8 Å².